The number of hydrogen-bond donors (Lipinski definition) is 1. The monoisotopic (exact) mass is 403 g/mol. The second-order valence-electron chi connectivity index (χ2n) is 6.88. The normalized spacial score (nSPS) is 15.4. The molecule has 0 amide bonds. The van der Waals surface area contributed by atoms with Gasteiger partial charge in [-0.3, -0.25) is 4.79 Å². The predicted octanol–water partition coefficient (Wildman–Crippen LogP) is 4.08. The van der Waals surface area contributed by atoms with Crippen molar-refractivity contribution in [1.29, 1.82) is 5.26 Å². The number of aromatic nitrogens is 1. The summed E-state index contributed by atoms with van der Waals surface area (Å²) in [7, 11) is 0. The molecule has 0 fully saturated rings. The number of nitriles is 1. The number of ether oxygens (including phenoxy) is 1. The molecule has 0 saturated carbocycles. The summed E-state index contributed by atoms with van der Waals surface area (Å²) in [6.45, 7) is 2.15. The molecule has 0 aliphatic carbocycles. The Hall–Kier alpha value is -3.49. The molecule has 2 heterocycles. The summed E-state index contributed by atoms with van der Waals surface area (Å²) >= 11 is 6.30. The summed E-state index contributed by atoms with van der Waals surface area (Å²) in [5.41, 5.74) is 8.79. The third-order valence-corrected chi connectivity index (χ3v) is 5.48. The molecule has 5 nitrogen and oxygen atoms in total. The number of hydrogen-bond acceptors (Lipinski definition) is 4. The summed E-state index contributed by atoms with van der Waals surface area (Å²) in [6.07, 6.45) is 0. The van der Waals surface area contributed by atoms with Gasteiger partial charge in [0.15, 0.2) is 0 Å². The van der Waals surface area contributed by atoms with Gasteiger partial charge in [-0.1, -0.05) is 60.1 Å². The summed E-state index contributed by atoms with van der Waals surface area (Å²) in [6, 6.07) is 20.7. The van der Waals surface area contributed by atoms with Crippen LogP contribution in [0.4, 0.5) is 0 Å². The van der Waals surface area contributed by atoms with Crippen LogP contribution in [-0.4, -0.2) is 4.57 Å². The smallest absolute Gasteiger partial charge is 0.259 e. The molecule has 1 aliphatic rings. The molecule has 4 rings (SSSR count). The summed E-state index contributed by atoms with van der Waals surface area (Å²) in [4.78, 5) is 13.6. The number of nitrogens with two attached hydrogens (primary N) is 1. The molecule has 2 aromatic carbocycles. The largest absolute Gasteiger partial charge is 0.440 e. The SMILES string of the molecule is Cc1cc2c(c(=O)n1Cc1ccccc1Cl)[C@@H](c1ccccc1)C(C#N)=C(N)O2. The van der Waals surface area contributed by atoms with Gasteiger partial charge in [0.05, 0.1) is 18.0 Å². The maximum atomic E-state index is 13.6. The van der Waals surface area contributed by atoms with E-state index in [4.69, 9.17) is 22.1 Å². The number of aryl methyl sites for hydroxylation is 1. The minimum atomic E-state index is -0.587. The number of fused-ring (bicyclic) bond motifs is 1. The van der Waals surface area contributed by atoms with Gasteiger partial charge < -0.3 is 15.0 Å². The Balaban J connectivity index is 1.93. The molecule has 0 saturated heterocycles. The molecule has 0 bridgehead atoms. The zero-order chi connectivity index (χ0) is 20.5. The van der Waals surface area contributed by atoms with Crippen LogP contribution in [0.3, 0.4) is 0 Å². The Kier molecular flexibility index (Phi) is 4.87. The number of halogens is 1. The second-order valence-corrected chi connectivity index (χ2v) is 7.29. The van der Waals surface area contributed by atoms with Gasteiger partial charge in [0.25, 0.3) is 5.56 Å². The highest BCUT2D eigenvalue weighted by atomic mass is 35.5. The van der Waals surface area contributed by atoms with Crippen molar-refractivity contribution in [2.24, 2.45) is 5.73 Å². The molecular formula is C23H18ClN3O2. The van der Waals surface area contributed by atoms with Crippen LogP contribution >= 0.6 is 11.6 Å². The third kappa shape index (κ3) is 3.28. The Bertz CT molecular complexity index is 1220. The van der Waals surface area contributed by atoms with E-state index < -0.39 is 5.92 Å². The molecule has 1 atom stereocenters. The van der Waals surface area contributed by atoms with E-state index in [1.54, 1.807) is 16.7 Å². The summed E-state index contributed by atoms with van der Waals surface area (Å²) in [5.74, 6) is -0.180. The molecule has 0 radical (unpaired) electrons. The predicted molar refractivity (Wildman–Crippen MR) is 112 cm³/mol. The van der Waals surface area contributed by atoms with E-state index in [9.17, 15) is 10.1 Å². The van der Waals surface area contributed by atoms with Gasteiger partial charge in [-0.25, -0.2) is 0 Å². The standard InChI is InChI=1S/C23H18ClN3O2/c1-14-11-19-21(23(28)27(14)13-16-9-5-6-10-18(16)24)20(15-7-3-2-4-8-15)17(12-25)22(26)29-19/h2-11,20H,13,26H2,1H3/t20-/m0/s1. The average Bonchev–Trinajstić information content (AvgIpc) is 2.72. The number of pyridine rings is 1. The maximum Gasteiger partial charge on any atom is 0.259 e. The van der Waals surface area contributed by atoms with Crippen LogP contribution < -0.4 is 16.0 Å². The topological polar surface area (TPSA) is 81.0 Å². The highest BCUT2D eigenvalue weighted by molar-refractivity contribution is 6.31. The van der Waals surface area contributed by atoms with Crippen LogP contribution in [0.2, 0.25) is 5.02 Å². The van der Waals surface area contributed by atoms with Crippen LogP contribution in [-0.2, 0) is 6.54 Å². The fourth-order valence-electron chi connectivity index (χ4n) is 3.66. The molecule has 0 unspecified atom stereocenters. The van der Waals surface area contributed by atoms with Crippen molar-refractivity contribution in [3.8, 4) is 11.8 Å². The Morgan fingerprint density at radius 1 is 1.17 bits per heavy atom. The van der Waals surface area contributed by atoms with E-state index in [1.165, 1.54) is 0 Å². The van der Waals surface area contributed by atoms with Gasteiger partial charge in [-0.2, -0.15) is 5.26 Å². The number of benzene rings is 2. The van der Waals surface area contributed by atoms with E-state index in [-0.39, 0.29) is 17.0 Å². The number of rotatable bonds is 3. The van der Waals surface area contributed by atoms with Gasteiger partial charge >= 0.3 is 0 Å². The quantitative estimate of drug-likeness (QED) is 0.714. The molecular weight excluding hydrogens is 386 g/mol. The molecule has 144 valence electrons. The van der Waals surface area contributed by atoms with Crippen molar-refractivity contribution < 1.29 is 4.74 Å². The van der Waals surface area contributed by atoms with Crippen molar-refractivity contribution >= 4 is 11.6 Å². The first-order valence-corrected chi connectivity index (χ1v) is 9.49. The van der Waals surface area contributed by atoms with Crippen molar-refractivity contribution in [1.82, 2.24) is 4.57 Å². The van der Waals surface area contributed by atoms with Crippen molar-refractivity contribution in [2.45, 2.75) is 19.4 Å². The molecule has 0 spiro atoms. The lowest BCUT2D eigenvalue weighted by Gasteiger charge is -2.27. The Morgan fingerprint density at radius 3 is 2.55 bits per heavy atom. The average molecular weight is 404 g/mol. The molecule has 29 heavy (non-hydrogen) atoms. The second kappa shape index (κ2) is 7.50. The molecule has 6 heteroatoms. The Morgan fingerprint density at radius 2 is 1.86 bits per heavy atom. The lowest BCUT2D eigenvalue weighted by Crippen LogP contribution is -2.33. The third-order valence-electron chi connectivity index (χ3n) is 5.11. The van der Waals surface area contributed by atoms with Gasteiger partial charge in [0, 0.05) is 16.8 Å². The first-order chi connectivity index (χ1) is 14.0. The van der Waals surface area contributed by atoms with Crippen LogP contribution in [0.15, 0.2) is 76.9 Å². The first kappa shape index (κ1) is 18.9. The highest BCUT2D eigenvalue weighted by Gasteiger charge is 2.34. The minimum Gasteiger partial charge on any atom is -0.440 e. The van der Waals surface area contributed by atoms with Crippen LogP contribution in [0.25, 0.3) is 0 Å². The van der Waals surface area contributed by atoms with Gasteiger partial charge in [-0.05, 0) is 24.1 Å². The summed E-state index contributed by atoms with van der Waals surface area (Å²) in [5, 5.41) is 10.3. The summed E-state index contributed by atoms with van der Waals surface area (Å²) < 4.78 is 7.32. The van der Waals surface area contributed by atoms with E-state index in [2.05, 4.69) is 6.07 Å². The number of nitrogens with zero attached hydrogens (tertiary/aromatic N) is 2. The van der Waals surface area contributed by atoms with Crippen LogP contribution in [0.5, 0.6) is 5.75 Å². The van der Waals surface area contributed by atoms with Gasteiger partial charge in [0.1, 0.15) is 17.4 Å². The minimum absolute atomic E-state index is 0.0245. The van der Waals surface area contributed by atoms with Crippen molar-refractivity contribution in [3.63, 3.8) is 0 Å². The molecule has 1 aromatic heterocycles. The van der Waals surface area contributed by atoms with E-state index in [0.29, 0.717) is 28.6 Å². The zero-order valence-electron chi connectivity index (χ0n) is 15.7. The molecule has 1 aliphatic heterocycles. The van der Waals surface area contributed by atoms with Gasteiger partial charge in [-0.15, -0.1) is 0 Å². The fourth-order valence-corrected chi connectivity index (χ4v) is 3.85. The van der Waals surface area contributed by atoms with E-state index in [1.807, 2.05) is 55.5 Å². The van der Waals surface area contributed by atoms with Crippen molar-refractivity contribution in [3.05, 3.63) is 110 Å². The molecule has 2 N–H and O–H groups in total. The highest BCUT2D eigenvalue weighted by Crippen LogP contribution is 2.40. The van der Waals surface area contributed by atoms with Gasteiger partial charge in [0.2, 0.25) is 5.88 Å². The maximum absolute atomic E-state index is 13.6. The lowest BCUT2D eigenvalue weighted by atomic mass is 9.84. The van der Waals surface area contributed by atoms with Crippen molar-refractivity contribution in [2.75, 3.05) is 0 Å². The van der Waals surface area contributed by atoms with E-state index in [0.717, 1.165) is 11.1 Å². The Labute approximate surface area is 173 Å². The zero-order valence-corrected chi connectivity index (χ0v) is 16.5. The van der Waals surface area contributed by atoms with Crippen LogP contribution in [0, 0.1) is 18.3 Å². The lowest BCUT2D eigenvalue weighted by molar-refractivity contribution is 0.389. The van der Waals surface area contributed by atoms with Crippen LogP contribution in [0.1, 0.15) is 28.3 Å². The fraction of sp³-hybridized carbons (Fsp3) is 0.130. The first-order valence-electron chi connectivity index (χ1n) is 9.11. The van der Waals surface area contributed by atoms with E-state index >= 15 is 0 Å². The molecule has 3 aromatic rings. The number of allylic oxidation sites excluding steroid dienone is 1.